The van der Waals surface area contributed by atoms with E-state index < -0.39 is 0 Å². The molecule has 0 spiro atoms. The molecule has 1 aliphatic rings. The van der Waals surface area contributed by atoms with E-state index in [-0.39, 0.29) is 0 Å². The quantitative estimate of drug-likeness (QED) is 0.629. The molecule has 0 saturated heterocycles. The molecular formula is C11H18N4S. The summed E-state index contributed by atoms with van der Waals surface area (Å²) in [6, 6.07) is 2.55. The van der Waals surface area contributed by atoms with Gasteiger partial charge in [0.1, 0.15) is 11.6 Å². The highest BCUT2D eigenvalue weighted by atomic mass is 32.2. The van der Waals surface area contributed by atoms with Crippen LogP contribution in [0.15, 0.2) is 11.2 Å². The Hall–Kier alpha value is -0.970. The standard InChI is InChI=1S/C11H18N4S/c1-3-6-15(8-4-5-8)10-7-9(12)13-11(14-10)16-2/h7-8H,3-6H2,1-2H3,(H2,12,13,14). The van der Waals surface area contributed by atoms with Crippen molar-refractivity contribution < 1.29 is 0 Å². The second-order valence-electron chi connectivity index (χ2n) is 4.06. The second kappa shape index (κ2) is 4.91. The maximum atomic E-state index is 5.80. The van der Waals surface area contributed by atoms with Gasteiger partial charge in [-0.3, -0.25) is 0 Å². The minimum atomic E-state index is 0.566. The SMILES string of the molecule is CCCN(c1cc(N)nc(SC)n1)C1CC1. The lowest BCUT2D eigenvalue weighted by Gasteiger charge is -2.23. The number of thioether (sulfide) groups is 1. The van der Waals surface area contributed by atoms with Crippen LogP contribution >= 0.6 is 11.8 Å². The zero-order valence-corrected chi connectivity index (χ0v) is 10.6. The van der Waals surface area contributed by atoms with Gasteiger partial charge in [-0.2, -0.15) is 0 Å². The topological polar surface area (TPSA) is 55.0 Å². The Labute approximate surface area is 101 Å². The van der Waals surface area contributed by atoms with Gasteiger partial charge in [-0.05, 0) is 25.5 Å². The molecule has 2 N–H and O–H groups in total. The fraction of sp³-hybridized carbons (Fsp3) is 0.636. The van der Waals surface area contributed by atoms with Gasteiger partial charge in [0.2, 0.25) is 0 Å². The Morgan fingerprint density at radius 3 is 2.81 bits per heavy atom. The number of hydrogen-bond acceptors (Lipinski definition) is 5. The molecule has 0 amide bonds. The first kappa shape index (κ1) is 11.5. The fourth-order valence-electron chi connectivity index (χ4n) is 1.78. The largest absolute Gasteiger partial charge is 0.383 e. The van der Waals surface area contributed by atoms with Crippen LogP contribution in [0.1, 0.15) is 26.2 Å². The molecule has 1 aliphatic carbocycles. The molecule has 1 aromatic heterocycles. The Morgan fingerprint density at radius 2 is 2.25 bits per heavy atom. The van der Waals surface area contributed by atoms with E-state index in [4.69, 9.17) is 5.73 Å². The normalized spacial score (nSPS) is 15.1. The molecule has 0 aromatic carbocycles. The van der Waals surface area contributed by atoms with Crippen molar-refractivity contribution in [2.24, 2.45) is 0 Å². The summed E-state index contributed by atoms with van der Waals surface area (Å²) < 4.78 is 0. The Morgan fingerprint density at radius 1 is 1.50 bits per heavy atom. The van der Waals surface area contributed by atoms with E-state index in [1.54, 1.807) is 0 Å². The van der Waals surface area contributed by atoms with E-state index in [1.165, 1.54) is 24.6 Å². The highest BCUT2D eigenvalue weighted by molar-refractivity contribution is 7.98. The van der Waals surface area contributed by atoms with Crippen LogP contribution in [0.25, 0.3) is 0 Å². The van der Waals surface area contributed by atoms with Crippen molar-refractivity contribution in [2.75, 3.05) is 23.4 Å². The summed E-state index contributed by atoms with van der Waals surface area (Å²) in [4.78, 5) is 11.1. The van der Waals surface area contributed by atoms with Gasteiger partial charge in [0.05, 0.1) is 0 Å². The van der Waals surface area contributed by atoms with Crippen molar-refractivity contribution in [3.05, 3.63) is 6.07 Å². The third kappa shape index (κ3) is 2.58. The zero-order chi connectivity index (χ0) is 11.5. The second-order valence-corrected chi connectivity index (χ2v) is 4.84. The van der Waals surface area contributed by atoms with Gasteiger partial charge in [0, 0.05) is 18.7 Å². The van der Waals surface area contributed by atoms with Gasteiger partial charge in [-0.25, -0.2) is 9.97 Å². The molecule has 0 aliphatic heterocycles. The summed E-state index contributed by atoms with van der Waals surface area (Å²) in [7, 11) is 0. The van der Waals surface area contributed by atoms with E-state index in [1.807, 2.05) is 12.3 Å². The molecule has 1 aromatic rings. The van der Waals surface area contributed by atoms with Crippen molar-refractivity contribution in [1.29, 1.82) is 0 Å². The molecule has 1 fully saturated rings. The predicted octanol–water partition coefficient (Wildman–Crippen LogP) is 2.16. The maximum Gasteiger partial charge on any atom is 0.191 e. The molecule has 0 atom stereocenters. The summed E-state index contributed by atoms with van der Waals surface area (Å²) in [5.74, 6) is 1.55. The lowest BCUT2D eigenvalue weighted by Crippen LogP contribution is -2.27. The molecule has 0 radical (unpaired) electrons. The van der Waals surface area contributed by atoms with Gasteiger partial charge >= 0.3 is 0 Å². The molecule has 0 bridgehead atoms. The average Bonchev–Trinajstić information content (AvgIpc) is 3.08. The molecule has 1 saturated carbocycles. The van der Waals surface area contributed by atoms with Crippen LogP contribution in [0.2, 0.25) is 0 Å². The first-order valence-corrected chi connectivity index (χ1v) is 6.92. The van der Waals surface area contributed by atoms with Crippen molar-refractivity contribution in [2.45, 2.75) is 37.4 Å². The minimum Gasteiger partial charge on any atom is -0.383 e. The number of nitrogen functional groups attached to an aromatic ring is 1. The lowest BCUT2D eigenvalue weighted by atomic mass is 10.3. The highest BCUT2D eigenvalue weighted by Crippen LogP contribution is 2.31. The Kier molecular flexibility index (Phi) is 3.53. The number of hydrogen-bond donors (Lipinski definition) is 1. The van der Waals surface area contributed by atoms with Crippen LogP contribution in [0.5, 0.6) is 0 Å². The minimum absolute atomic E-state index is 0.566. The smallest absolute Gasteiger partial charge is 0.191 e. The Bertz CT molecular complexity index is 365. The third-order valence-corrected chi connectivity index (χ3v) is 3.19. The van der Waals surface area contributed by atoms with Crippen LogP contribution in [0.3, 0.4) is 0 Å². The number of anilines is 2. The number of nitrogens with two attached hydrogens (primary N) is 1. The molecule has 4 nitrogen and oxygen atoms in total. The molecule has 5 heteroatoms. The first-order chi connectivity index (χ1) is 7.74. The van der Waals surface area contributed by atoms with Crippen LogP contribution in [0, 0.1) is 0 Å². The van der Waals surface area contributed by atoms with Crippen LogP contribution in [-0.4, -0.2) is 28.8 Å². The van der Waals surface area contributed by atoms with Gasteiger partial charge < -0.3 is 10.6 Å². The van der Waals surface area contributed by atoms with E-state index in [0.29, 0.717) is 11.9 Å². The van der Waals surface area contributed by atoms with Crippen LogP contribution in [-0.2, 0) is 0 Å². The van der Waals surface area contributed by atoms with Crippen LogP contribution in [0.4, 0.5) is 11.6 Å². The fourth-order valence-corrected chi connectivity index (χ4v) is 2.16. The summed E-state index contributed by atoms with van der Waals surface area (Å²) in [6.07, 6.45) is 5.66. The number of rotatable bonds is 5. The van der Waals surface area contributed by atoms with E-state index >= 15 is 0 Å². The summed E-state index contributed by atoms with van der Waals surface area (Å²) >= 11 is 1.54. The predicted molar refractivity (Wildman–Crippen MR) is 68.9 cm³/mol. The van der Waals surface area contributed by atoms with Crippen molar-refractivity contribution in [3.8, 4) is 0 Å². The third-order valence-electron chi connectivity index (χ3n) is 2.64. The maximum absolute atomic E-state index is 5.80. The number of nitrogens with zero attached hydrogens (tertiary/aromatic N) is 3. The molecule has 88 valence electrons. The van der Waals surface area contributed by atoms with Crippen LogP contribution < -0.4 is 10.6 Å². The lowest BCUT2D eigenvalue weighted by molar-refractivity contribution is 0.740. The molecule has 2 rings (SSSR count). The average molecular weight is 238 g/mol. The van der Waals surface area contributed by atoms with Gasteiger partial charge in [-0.15, -0.1) is 0 Å². The van der Waals surface area contributed by atoms with Crippen molar-refractivity contribution >= 4 is 23.4 Å². The van der Waals surface area contributed by atoms with Gasteiger partial charge in [0.15, 0.2) is 5.16 Å². The van der Waals surface area contributed by atoms with E-state index in [0.717, 1.165) is 23.9 Å². The number of aromatic nitrogens is 2. The molecule has 0 unspecified atom stereocenters. The van der Waals surface area contributed by atoms with Gasteiger partial charge in [0.25, 0.3) is 0 Å². The van der Waals surface area contributed by atoms with Crippen molar-refractivity contribution in [1.82, 2.24) is 9.97 Å². The first-order valence-electron chi connectivity index (χ1n) is 5.69. The molecular weight excluding hydrogens is 220 g/mol. The molecule has 16 heavy (non-hydrogen) atoms. The monoisotopic (exact) mass is 238 g/mol. The molecule has 1 heterocycles. The summed E-state index contributed by atoms with van der Waals surface area (Å²) in [5.41, 5.74) is 5.80. The Balaban J connectivity index is 2.25. The van der Waals surface area contributed by atoms with Crippen molar-refractivity contribution in [3.63, 3.8) is 0 Å². The van der Waals surface area contributed by atoms with E-state index in [9.17, 15) is 0 Å². The van der Waals surface area contributed by atoms with Gasteiger partial charge in [-0.1, -0.05) is 18.7 Å². The summed E-state index contributed by atoms with van der Waals surface area (Å²) in [6.45, 7) is 3.24. The van der Waals surface area contributed by atoms with E-state index in [2.05, 4.69) is 21.8 Å². The zero-order valence-electron chi connectivity index (χ0n) is 9.81. The summed E-state index contributed by atoms with van der Waals surface area (Å²) in [5, 5.41) is 0.761. The highest BCUT2D eigenvalue weighted by Gasteiger charge is 2.29.